The molecule has 4 heterocycles. The lowest BCUT2D eigenvalue weighted by atomic mass is 10.1. The van der Waals surface area contributed by atoms with E-state index in [0.29, 0.717) is 96.0 Å². The van der Waals surface area contributed by atoms with E-state index in [4.69, 9.17) is 76.9 Å². The number of carboxylic acid groups (broad SMARTS) is 5. The SMILES string of the molecule is CC(Oc1ccccc1COc1ccc(OCc2ccc3ccccc3n2)cc1)C(=O)O.CCCC(Oc1ccccc1COc1ccc(OCc2ccc3ccccc3n2)cc1)C(=O)O.COC(=O)c1ccc(COc2ccc(OCc3ccc4ccccc4n3)cc2)cc1OCC(=O)O.O=C(O)CCC(Oc1cccc(COc2cccc(COc3ccc4ccccc4n3)c2)c1)C(=O)O. The van der Waals surface area contributed by atoms with Crippen molar-refractivity contribution in [2.45, 2.75) is 111 Å². The van der Waals surface area contributed by atoms with E-state index in [2.05, 4.69) is 19.9 Å². The average molecular weight is 1850 g/mol. The Hall–Kier alpha value is -17.3. The number of carbonyl (C=O) groups is 6. The molecule has 0 fully saturated rings. The average Bonchev–Trinajstić information content (AvgIpc) is 0.843. The summed E-state index contributed by atoms with van der Waals surface area (Å²) in [5, 5.41) is 49.7. The molecule has 0 radical (unpaired) electrons. The molecular weight excluding hydrogens is 1750 g/mol. The number of rotatable bonds is 42. The van der Waals surface area contributed by atoms with Crippen molar-refractivity contribution in [2.24, 2.45) is 0 Å². The fraction of sp³-hybridized carbons (Fsp3) is 0.174. The summed E-state index contributed by atoms with van der Waals surface area (Å²) in [4.78, 5) is 85.8. The number of para-hydroxylation sites is 6. The number of pyridine rings is 4. The second kappa shape index (κ2) is 49.8. The molecular formula is C109H98N4O24. The van der Waals surface area contributed by atoms with Crippen molar-refractivity contribution in [1.29, 1.82) is 0 Å². The van der Waals surface area contributed by atoms with E-state index in [9.17, 15) is 39.0 Å². The number of carboxylic acids is 5. The highest BCUT2D eigenvalue weighted by molar-refractivity contribution is 5.93. The van der Waals surface area contributed by atoms with Crippen LogP contribution >= 0.6 is 0 Å². The van der Waals surface area contributed by atoms with Crippen molar-refractivity contribution in [3.05, 3.63) is 384 Å². The second-order valence-electron chi connectivity index (χ2n) is 30.8. The van der Waals surface area contributed by atoms with Crippen molar-refractivity contribution in [2.75, 3.05) is 13.7 Å². The van der Waals surface area contributed by atoms with Crippen LogP contribution in [0.5, 0.6) is 69.1 Å². The van der Waals surface area contributed by atoms with E-state index < -0.39 is 60.7 Å². The Kier molecular flexibility index (Phi) is 35.4. The molecule has 0 amide bonds. The normalized spacial score (nSPS) is 11.4. The molecule has 4 aromatic heterocycles. The van der Waals surface area contributed by atoms with Gasteiger partial charge in [0.05, 0.1) is 46.3 Å². The number of ether oxygens (including phenoxy) is 13. The maximum absolute atomic E-state index is 11.9. The van der Waals surface area contributed by atoms with Gasteiger partial charge in [0.1, 0.15) is 122 Å². The Labute approximate surface area is 788 Å². The van der Waals surface area contributed by atoms with Gasteiger partial charge in [0.25, 0.3) is 0 Å². The quantitative estimate of drug-likeness (QED) is 0.0222. The molecule has 0 saturated carbocycles. The lowest BCUT2D eigenvalue weighted by Gasteiger charge is -2.17. The van der Waals surface area contributed by atoms with Crippen molar-refractivity contribution in [3.63, 3.8) is 0 Å². The number of nitrogens with zero attached hydrogens (tertiary/aromatic N) is 4. The molecule has 0 spiro atoms. The lowest BCUT2D eigenvalue weighted by molar-refractivity contribution is -0.147. The number of methoxy groups -OCH3 is 1. The summed E-state index contributed by atoms with van der Waals surface area (Å²) in [5.41, 5.74) is 10.3. The minimum atomic E-state index is -1.24. The molecule has 5 N–H and O–H groups in total. The van der Waals surface area contributed by atoms with E-state index in [-0.39, 0.29) is 50.6 Å². The minimum Gasteiger partial charge on any atom is -0.489 e. The number of esters is 1. The molecule has 16 aromatic rings. The molecule has 12 aromatic carbocycles. The number of aromatic nitrogens is 4. The van der Waals surface area contributed by atoms with Crippen LogP contribution in [0.3, 0.4) is 0 Å². The van der Waals surface area contributed by atoms with E-state index in [0.717, 1.165) is 95.1 Å². The predicted molar refractivity (Wildman–Crippen MR) is 511 cm³/mol. The van der Waals surface area contributed by atoms with E-state index in [1.807, 2.05) is 262 Å². The van der Waals surface area contributed by atoms with Gasteiger partial charge in [0.15, 0.2) is 24.9 Å². The highest BCUT2D eigenvalue weighted by atomic mass is 16.5. The molecule has 698 valence electrons. The zero-order valence-corrected chi connectivity index (χ0v) is 75.0. The number of hydrogen-bond acceptors (Lipinski definition) is 23. The summed E-state index contributed by atoms with van der Waals surface area (Å²) in [5.74, 6) is 0.684. The topological polar surface area (TPSA) is 375 Å². The van der Waals surface area contributed by atoms with Crippen molar-refractivity contribution in [1.82, 2.24) is 19.9 Å². The largest absolute Gasteiger partial charge is 0.489 e. The van der Waals surface area contributed by atoms with Crippen LogP contribution in [0.1, 0.15) is 94.8 Å². The number of benzene rings is 12. The highest BCUT2D eigenvalue weighted by Gasteiger charge is 2.24. The number of carbonyl (C=O) groups excluding carboxylic acids is 1. The summed E-state index contributed by atoms with van der Waals surface area (Å²) in [6.45, 7) is 5.20. The van der Waals surface area contributed by atoms with E-state index in [1.54, 1.807) is 72.8 Å². The molecule has 3 unspecified atom stereocenters. The first kappa shape index (κ1) is 97.2. The van der Waals surface area contributed by atoms with Gasteiger partial charge in [-0.2, -0.15) is 0 Å². The zero-order chi connectivity index (χ0) is 96.0. The Morgan fingerprint density at radius 3 is 1.12 bits per heavy atom. The minimum absolute atomic E-state index is 0.117. The third-order valence-electron chi connectivity index (χ3n) is 20.6. The van der Waals surface area contributed by atoms with Gasteiger partial charge in [0.2, 0.25) is 5.88 Å². The Morgan fingerprint density at radius 1 is 0.299 bits per heavy atom. The molecule has 28 heteroatoms. The molecule has 28 nitrogen and oxygen atoms in total. The van der Waals surface area contributed by atoms with Crippen LogP contribution in [0.25, 0.3) is 43.6 Å². The highest BCUT2D eigenvalue weighted by Crippen LogP contribution is 2.31. The van der Waals surface area contributed by atoms with Crippen LogP contribution in [0.4, 0.5) is 0 Å². The monoisotopic (exact) mass is 1850 g/mol. The zero-order valence-electron chi connectivity index (χ0n) is 75.0. The summed E-state index contributed by atoms with van der Waals surface area (Å²) in [6.07, 6.45) is -2.32. The molecule has 0 aliphatic rings. The number of aliphatic carboxylic acids is 5. The van der Waals surface area contributed by atoms with Crippen LogP contribution in [0, 0.1) is 0 Å². The maximum Gasteiger partial charge on any atom is 0.344 e. The van der Waals surface area contributed by atoms with E-state index in [1.165, 1.54) is 20.1 Å². The van der Waals surface area contributed by atoms with Gasteiger partial charge in [-0.3, -0.25) is 4.79 Å². The van der Waals surface area contributed by atoms with Crippen LogP contribution in [0.15, 0.2) is 334 Å². The molecule has 3 atom stereocenters. The van der Waals surface area contributed by atoms with Gasteiger partial charge in [-0.05, 0) is 200 Å². The fourth-order valence-corrected chi connectivity index (χ4v) is 13.5. The van der Waals surface area contributed by atoms with Crippen molar-refractivity contribution >= 4 is 79.4 Å². The first-order valence-corrected chi connectivity index (χ1v) is 43.7. The Balaban J connectivity index is 0.000000154. The molecule has 16 rings (SSSR count). The fourth-order valence-electron chi connectivity index (χ4n) is 13.5. The summed E-state index contributed by atoms with van der Waals surface area (Å²) < 4.78 is 73.6. The van der Waals surface area contributed by atoms with Crippen molar-refractivity contribution in [3.8, 4) is 69.1 Å². The van der Waals surface area contributed by atoms with Crippen LogP contribution < -0.4 is 56.8 Å². The summed E-state index contributed by atoms with van der Waals surface area (Å²) in [7, 11) is 1.24. The summed E-state index contributed by atoms with van der Waals surface area (Å²) in [6, 6.07) is 103. The van der Waals surface area contributed by atoms with Crippen LogP contribution in [-0.2, 0) is 81.6 Å². The first-order chi connectivity index (χ1) is 66.7. The van der Waals surface area contributed by atoms with Crippen LogP contribution in [-0.4, -0.2) is 113 Å². The Morgan fingerprint density at radius 2 is 0.679 bits per heavy atom. The second-order valence-corrected chi connectivity index (χ2v) is 30.8. The standard InChI is InChI=1S/C28H25NO7.C28H27NO5.C27H23NO7.C26H23NO5/c30-27(31)14-12-25(28(32)33)36-23-9-4-6-20(16-23)17-34-22-8-3-5-19(15-22)18-35-26-13-11-21-7-1-2-10-24(21)29-26;1-2-7-27(28(30)31)34-26-11-6-4-9-21(26)18-32-23-14-16-24(17-15-23)33-19-22-13-12-20-8-3-5-10-25(20)29-22;1-32-27(31)23-13-6-18(14-25(23)35-17-26(29)30)15-33-21-9-11-22(12-10-21)34-16-20-8-7-19-4-2-3-5-24(19)28-20;1-18(26(28)29)32-25-9-5-3-7-20(25)16-30-22-12-14-23(15-13-22)31-17-21-11-10-19-6-2-4-8-24(19)27-21/h1-11,13,15-16,25H,12,14,17-18H2,(H,30,31)(H,32,33);3-6,8-17,27H,2,7,18-19H2,1H3,(H,30,31);2-14H,15-17H2,1H3,(H,29,30);2-15,18H,16-17H2,1H3,(H,28,29). The summed E-state index contributed by atoms with van der Waals surface area (Å²) >= 11 is 0. The molecule has 0 aliphatic heterocycles. The van der Waals surface area contributed by atoms with E-state index >= 15 is 0 Å². The maximum atomic E-state index is 11.9. The molecule has 0 aliphatic carbocycles. The third kappa shape index (κ3) is 30.4. The van der Waals surface area contributed by atoms with Gasteiger partial charge in [0, 0.05) is 51.6 Å². The smallest absolute Gasteiger partial charge is 0.344 e. The third-order valence-corrected chi connectivity index (χ3v) is 20.6. The van der Waals surface area contributed by atoms with Gasteiger partial charge in [-0.1, -0.05) is 171 Å². The number of fused-ring (bicyclic) bond motifs is 4. The lowest BCUT2D eigenvalue weighted by Crippen LogP contribution is -2.27. The van der Waals surface area contributed by atoms with Gasteiger partial charge in [-0.15, -0.1) is 0 Å². The molecule has 0 bridgehead atoms. The Bertz CT molecular complexity index is 6740. The molecule has 0 saturated heterocycles. The van der Waals surface area contributed by atoms with Gasteiger partial charge >= 0.3 is 35.8 Å². The van der Waals surface area contributed by atoms with Crippen LogP contribution in [0.2, 0.25) is 0 Å². The number of hydrogen-bond donors (Lipinski definition) is 5. The van der Waals surface area contributed by atoms with Gasteiger partial charge in [-0.25, -0.2) is 43.9 Å². The van der Waals surface area contributed by atoms with Crippen molar-refractivity contribution < 1.29 is 116 Å². The molecule has 137 heavy (non-hydrogen) atoms. The van der Waals surface area contributed by atoms with Gasteiger partial charge < -0.3 is 87.1 Å². The first-order valence-electron chi connectivity index (χ1n) is 43.7. The predicted octanol–water partition coefficient (Wildman–Crippen LogP) is 21.0.